The van der Waals surface area contributed by atoms with E-state index >= 15 is 0 Å². The molecule has 17 heavy (non-hydrogen) atoms. The molecule has 0 unspecified atom stereocenters. The molecule has 2 rings (SSSR count). The summed E-state index contributed by atoms with van der Waals surface area (Å²) in [6.45, 7) is 2.77. The van der Waals surface area contributed by atoms with E-state index in [0.29, 0.717) is 12.3 Å². The zero-order valence-electron chi connectivity index (χ0n) is 10.2. The van der Waals surface area contributed by atoms with E-state index in [0.717, 1.165) is 23.3 Å². The summed E-state index contributed by atoms with van der Waals surface area (Å²) in [5.74, 6) is 0.830. The fourth-order valence-corrected chi connectivity index (χ4v) is 2.20. The summed E-state index contributed by atoms with van der Waals surface area (Å²) in [4.78, 5) is 4.00. The average Bonchev–Trinajstić information content (AvgIpc) is 2.81. The summed E-state index contributed by atoms with van der Waals surface area (Å²) < 4.78 is 5.53. The van der Waals surface area contributed by atoms with Crippen LogP contribution in [0.4, 0.5) is 5.69 Å². The molecule has 1 aromatic carbocycles. The van der Waals surface area contributed by atoms with Gasteiger partial charge in [0, 0.05) is 37.0 Å². The van der Waals surface area contributed by atoms with Crippen molar-refractivity contribution in [3.8, 4) is 5.75 Å². The lowest BCUT2D eigenvalue weighted by atomic mass is 9.95. The topological polar surface area (TPSA) is 73.6 Å². The van der Waals surface area contributed by atoms with Crippen LogP contribution < -0.4 is 16.2 Å². The molecule has 90 valence electrons. The van der Waals surface area contributed by atoms with E-state index in [2.05, 4.69) is 11.9 Å². The Labute approximate surface area is 101 Å². The lowest BCUT2D eigenvalue weighted by Gasteiger charge is -2.12. The van der Waals surface area contributed by atoms with Crippen LogP contribution in [0, 0.1) is 6.92 Å². The Balaban J connectivity index is 2.60. The van der Waals surface area contributed by atoms with Crippen molar-refractivity contribution in [1.29, 1.82) is 0 Å². The highest BCUT2D eigenvalue weighted by atomic mass is 16.5. The highest BCUT2D eigenvalue weighted by molar-refractivity contribution is 6.10. The van der Waals surface area contributed by atoms with Gasteiger partial charge in [-0.2, -0.15) is 0 Å². The van der Waals surface area contributed by atoms with Gasteiger partial charge in [0.05, 0.1) is 12.3 Å². The number of fused-ring (bicyclic) bond motifs is 1. The summed E-state index contributed by atoms with van der Waals surface area (Å²) >= 11 is 0. The van der Waals surface area contributed by atoms with Crippen LogP contribution >= 0.6 is 0 Å². The predicted molar refractivity (Wildman–Crippen MR) is 71.4 cm³/mol. The van der Waals surface area contributed by atoms with Gasteiger partial charge in [0.1, 0.15) is 5.75 Å². The standard InChI is InChI=1S/C13H17N3O/c1-8-10-3-4-17-13(10)12(15)5-11(8)9(6-14)7-16-2/h5-7H,3-4,14-15H2,1-2H3. The van der Waals surface area contributed by atoms with E-state index in [-0.39, 0.29) is 0 Å². The Bertz CT molecular complexity index is 504. The lowest BCUT2D eigenvalue weighted by molar-refractivity contribution is 0.358. The first kappa shape index (κ1) is 11.5. The van der Waals surface area contributed by atoms with E-state index in [1.165, 1.54) is 11.1 Å². The summed E-state index contributed by atoms with van der Waals surface area (Å²) in [5.41, 5.74) is 16.6. The minimum atomic E-state index is 0.668. The third-order valence-electron chi connectivity index (χ3n) is 3.05. The van der Waals surface area contributed by atoms with Crippen molar-refractivity contribution >= 4 is 17.5 Å². The monoisotopic (exact) mass is 231 g/mol. The molecular formula is C13H17N3O. The molecule has 0 fully saturated rings. The quantitative estimate of drug-likeness (QED) is 0.598. The van der Waals surface area contributed by atoms with Crippen LogP contribution in [-0.4, -0.2) is 19.9 Å². The zero-order valence-corrected chi connectivity index (χ0v) is 10.2. The van der Waals surface area contributed by atoms with Crippen LogP contribution in [-0.2, 0) is 6.42 Å². The number of nitrogens with two attached hydrogens (primary N) is 2. The molecule has 1 heterocycles. The number of nitrogen functional groups attached to an aromatic ring is 1. The van der Waals surface area contributed by atoms with Gasteiger partial charge in [0.2, 0.25) is 0 Å². The number of allylic oxidation sites excluding steroid dienone is 1. The van der Waals surface area contributed by atoms with Crippen molar-refractivity contribution in [3.63, 3.8) is 0 Å². The SMILES string of the molecule is CN=CC(=CN)c1cc(N)c2c(c1C)CCO2. The molecule has 0 amide bonds. The molecule has 0 atom stereocenters. The van der Waals surface area contributed by atoms with E-state index in [9.17, 15) is 0 Å². The molecule has 1 aromatic rings. The number of nitrogens with zero attached hydrogens (tertiary/aromatic N) is 1. The van der Waals surface area contributed by atoms with Gasteiger partial charge in [-0.25, -0.2) is 0 Å². The first-order valence-corrected chi connectivity index (χ1v) is 5.58. The normalized spacial score (nSPS) is 15.1. The molecule has 0 saturated heterocycles. The molecule has 0 aromatic heterocycles. The molecule has 4 N–H and O–H groups in total. The van der Waals surface area contributed by atoms with E-state index in [4.69, 9.17) is 16.2 Å². The summed E-state index contributed by atoms with van der Waals surface area (Å²) in [5, 5.41) is 0. The highest BCUT2D eigenvalue weighted by Crippen LogP contribution is 2.37. The first-order valence-electron chi connectivity index (χ1n) is 5.58. The van der Waals surface area contributed by atoms with Crippen LogP contribution in [0.1, 0.15) is 16.7 Å². The third-order valence-corrected chi connectivity index (χ3v) is 3.05. The second-order valence-corrected chi connectivity index (χ2v) is 4.05. The van der Waals surface area contributed by atoms with Gasteiger partial charge < -0.3 is 16.2 Å². The fourth-order valence-electron chi connectivity index (χ4n) is 2.20. The van der Waals surface area contributed by atoms with Gasteiger partial charge in [0.15, 0.2) is 0 Å². The summed E-state index contributed by atoms with van der Waals surface area (Å²) in [6.07, 6.45) is 4.20. The van der Waals surface area contributed by atoms with E-state index in [1.807, 2.05) is 6.07 Å². The van der Waals surface area contributed by atoms with Crippen LogP contribution in [0.15, 0.2) is 17.3 Å². The number of hydrogen-bond acceptors (Lipinski definition) is 4. The fraction of sp³-hybridized carbons (Fsp3) is 0.308. The molecule has 0 aliphatic carbocycles. The minimum Gasteiger partial charge on any atom is -0.491 e. The van der Waals surface area contributed by atoms with Crippen LogP contribution in [0.5, 0.6) is 5.75 Å². The Kier molecular flexibility index (Phi) is 3.04. The molecule has 0 saturated carbocycles. The van der Waals surface area contributed by atoms with E-state index in [1.54, 1.807) is 19.5 Å². The number of anilines is 1. The van der Waals surface area contributed by atoms with Crippen LogP contribution in [0.25, 0.3) is 5.57 Å². The summed E-state index contributed by atoms with van der Waals surface area (Å²) in [6, 6.07) is 1.90. The lowest BCUT2D eigenvalue weighted by Crippen LogP contribution is -2.00. The predicted octanol–water partition coefficient (Wildman–Crippen LogP) is 1.51. The Morgan fingerprint density at radius 1 is 1.53 bits per heavy atom. The second kappa shape index (κ2) is 4.49. The van der Waals surface area contributed by atoms with Crippen molar-refractivity contribution < 1.29 is 4.74 Å². The Morgan fingerprint density at radius 2 is 2.29 bits per heavy atom. The van der Waals surface area contributed by atoms with E-state index < -0.39 is 0 Å². The van der Waals surface area contributed by atoms with Gasteiger partial charge in [-0.15, -0.1) is 0 Å². The second-order valence-electron chi connectivity index (χ2n) is 4.05. The highest BCUT2D eigenvalue weighted by Gasteiger charge is 2.20. The molecule has 0 spiro atoms. The van der Waals surface area contributed by atoms with Gasteiger partial charge in [-0.3, -0.25) is 4.99 Å². The number of ether oxygens (including phenoxy) is 1. The Morgan fingerprint density at radius 3 is 2.94 bits per heavy atom. The van der Waals surface area contributed by atoms with Crippen LogP contribution in [0.2, 0.25) is 0 Å². The Hall–Kier alpha value is -1.97. The van der Waals surface area contributed by atoms with Crippen molar-refractivity contribution in [1.82, 2.24) is 0 Å². The van der Waals surface area contributed by atoms with Crippen molar-refractivity contribution in [3.05, 3.63) is 29.0 Å². The number of rotatable bonds is 2. The van der Waals surface area contributed by atoms with Crippen molar-refractivity contribution in [2.24, 2.45) is 10.7 Å². The molecule has 1 aliphatic heterocycles. The maximum atomic E-state index is 5.99. The third kappa shape index (κ3) is 1.86. The van der Waals surface area contributed by atoms with Gasteiger partial charge >= 0.3 is 0 Å². The maximum absolute atomic E-state index is 5.99. The molecule has 1 aliphatic rings. The molecule has 0 bridgehead atoms. The van der Waals surface area contributed by atoms with Crippen LogP contribution in [0.3, 0.4) is 0 Å². The molecule has 4 nitrogen and oxygen atoms in total. The zero-order chi connectivity index (χ0) is 12.4. The van der Waals surface area contributed by atoms with Gasteiger partial charge in [-0.05, 0) is 24.1 Å². The molecule has 4 heteroatoms. The molecular weight excluding hydrogens is 214 g/mol. The van der Waals surface area contributed by atoms with Gasteiger partial charge in [0.25, 0.3) is 0 Å². The summed E-state index contributed by atoms with van der Waals surface area (Å²) in [7, 11) is 1.72. The smallest absolute Gasteiger partial charge is 0.145 e. The number of aliphatic imine (C=N–C) groups is 1. The largest absolute Gasteiger partial charge is 0.491 e. The first-order chi connectivity index (χ1) is 8.19. The van der Waals surface area contributed by atoms with Crippen molar-refractivity contribution in [2.45, 2.75) is 13.3 Å². The van der Waals surface area contributed by atoms with Crippen molar-refractivity contribution in [2.75, 3.05) is 19.4 Å². The minimum absolute atomic E-state index is 0.668. The molecule has 0 radical (unpaired) electrons. The van der Waals surface area contributed by atoms with Gasteiger partial charge in [-0.1, -0.05) is 0 Å². The average molecular weight is 231 g/mol. The number of hydrogen-bond donors (Lipinski definition) is 2. The maximum Gasteiger partial charge on any atom is 0.145 e. The number of benzene rings is 1.